The number of fused-ring (bicyclic) bond motifs is 3. The van der Waals surface area contributed by atoms with Crippen molar-refractivity contribution in [2.75, 3.05) is 0 Å². The molecule has 114 valence electrons. The lowest BCUT2D eigenvalue weighted by atomic mass is 10.1. The molecule has 4 rings (SSSR count). The summed E-state index contributed by atoms with van der Waals surface area (Å²) < 4.78 is 9.09. The first kappa shape index (κ1) is 14.2. The van der Waals surface area contributed by atoms with Gasteiger partial charge in [-0.3, -0.25) is 4.79 Å². The van der Waals surface area contributed by atoms with E-state index in [1.807, 2.05) is 52.9 Å². The Morgan fingerprint density at radius 3 is 2.61 bits per heavy atom. The largest absolute Gasteiger partial charge is 0.451 e. The van der Waals surface area contributed by atoms with Crippen LogP contribution in [0.15, 0.2) is 56.6 Å². The summed E-state index contributed by atoms with van der Waals surface area (Å²) in [4.78, 5) is 24.7. The molecule has 0 aliphatic rings. The van der Waals surface area contributed by atoms with Gasteiger partial charge in [-0.2, -0.15) is 0 Å². The molecule has 0 amide bonds. The molecule has 0 saturated carbocycles. The molecule has 7 heteroatoms. The third-order valence-corrected chi connectivity index (χ3v) is 4.66. The summed E-state index contributed by atoms with van der Waals surface area (Å²) in [6.07, 6.45) is 1.54. The van der Waals surface area contributed by atoms with Gasteiger partial charge in [-0.15, -0.1) is 5.10 Å². The van der Waals surface area contributed by atoms with E-state index < -0.39 is 0 Å². The Labute approximate surface area is 143 Å². The Bertz CT molecular complexity index is 1170. The molecule has 3 heterocycles. The quantitative estimate of drug-likeness (QED) is 0.445. The van der Waals surface area contributed by atoms with E-state index in [4.69, 9.17) is 4.42 Å². The Morgan fingerprint density at radius 2 is 1.87 bits per heavy atom. The van der Waals surface area contributed by atoms with Gasteiger partial charge >= 0.3 is 5.69 Å². The van der Waals surface area contributed by atoms with E-state index in [9.17, 15) is 9.59 Å². The van der Waals surface area contributed by atoms with Crippen LogP contribution in [0.25, 0.3) is 27.9 Å². The van der Waals surface area contributed by atoms with Crippen LogP contribution >= 0.6 is 22.6 Å². The standard InChI is InChI=1S/C16H10IN3O3/c1-19-16(22)20-8-7-10-12(21)11(17)13(9-5-3-2-4-6-9)23-14(10)15(20)18-19/h2-8H,1H3. The van der Waals surface area contributed by atoms with Crippen LogP contribution in [0.1, 0.15) is 0 Å². The van der Waals surface area contributed by atoms with Gasteiger partial charge in [0.05, 0.1) is 5.39 Å². The number of hydrogen-bond donors (Lipinski definition) is 0. The highest BCUT2D eigenvalue weighted by Crippen LogP contribution is 2.27. The van der Waals surface area contributed by atoms with E-state index in [1.54, 1.807) is 19.3 Å². The van der Waals surface area contributed by atoms with Crippen LogP contribution in [0, 0.1) is 3.57 Å². The number of pyridine rings is 1. The van der Waals surface area contributed by atoms with Gasteiger partial charge in [-0.25, -0.2) is 13.9 Å². The molecule has 0 spiro atoms. The van der Waals surface area contributed by atoms with Gasteiger partial charge in [-0.05, 0) is 28.7 Å². The normalized spacial score (nSPS) is 11.4. The van der Waals surface area contributed by atoms with Gasteiger partial charge in [0.2, 0.25) is 11.1 Å². The molecule has 6 nitrogen and oxygen atoms in total. The SMILES string of the molecule is Cn1nc2c3oc(-c4ccccc4)c(I)c(=O)c3ccn2c1=O. The molecule has 0 atom stereocenters. The zero-order valence-electron chi connectivity index (χ0n) is 12.0. The molecule has 1 aromatic carbocycles. The third-order valence-electron chi connectivity index (χ3n) is 3.68. The molecular formula is C16H10IN3O3. The highest BCUT2D eigenvalue weighted by atomic mass is 127. The average Bonchev–Trinajstić information content (AvgIpc) is 2.86. The number of rotatable bonds is 1. The Hall–Kier alpha value is -2.42. The zero-order chi connectivity index (χ0) is 16.1. The lowest BCUT2D eigenvalue weighted by Gasteiger charge is -2.06. The van der Waals surface area contributed by atoms with Crippen molar-refractivity contribution >= 4 is 39.2 Å². The van der Waals surface area contributed by atoms with Crippen LogP contribution < -0.4 is 11.1 Å². The minimum Gasteiger partial charge on any atom is -0.451 e. The maximum absolute atomic E-state index is 12.7. The topological polar surface area (TPSA) is 69.5 Å². The molecule has 0 radical (unpaired) electrons. The summed E-state index contributed by atoms with van der Waals surface area (Å²) in [5.74, 6) is 0.481. The molecule has 0 saturated heterocycles. The van der Waals surface area contributed by atoms with Crippen LogP contribution in [0.4, 0.5) is 0 Å². The second-order valence-corrected chi connectivity index (χ2v) is 6.18. The Morgan fingerprint density at radius 1 is 1.13 bits per heavy atom. The van der Waals surface area contributed by atoms with Gasteiger partial charge in [0, 0.05) is 18.8 Å². The number of hydrogen-bond acceptors (Lipinski definition) is 4. The maximum atomic E-state index is 12.7. The fourth-order valence-electron chi connectivity index (χ4n) is 2.54. The molecule has 0 aliphatic heterocycles. The molecule has 3 aromatic heterocycles. The number of aromatic nitrogens is 3. The molecule has 0 unspecified atom stereocenters. The van der Waals surface area contributed by atoms with Gasteiger partial charge < -0.3 is 4.42 Å². The van der Waals surface area contributed by atoms with E-state index in [0.29, 0.717) is 25.9 Å². The van der Waals surface area contributed by atoms with E-state index in [2.05, 4.69) is 5.10 Å². The average molecular weight is 419 g/mol. The van der Waals surface area contributed by atoms with Crippen molar-refractivity contribution in [2.24, 2.45) is 7.05 Å². The van der Waals surface area contributed by atoms with Gasteiger partial charge in [-0.1, -0.05) is 30.3 Å². The highest BCUT2D eigenvalue weighted by molar-refractivity contribution is 14.1. The van der Waals surface area contributed by atoms with Crippen molar-refractivity contribution in [3.63, 3.8) is 0 Å². The van der Waals surface area contributed by atoms with Crippen molar-refractivity contribution in [3.05, 3.63) is 66.9 Å². The lowest BCUT2D eigenvalue weighted by molar-refractivity contribution is 0.615. The van der Waals surface area contributed by atoms with Crippen molar-refractivity contribution in [1.82, 2.24) is 14.2 Å². The smallest absolute Gasteiger partial charge is 0.350 e. The summed E-state index contributed by atoms with van der Waals surface area (Å²) in [6.45, 7) is 0. The molecular weight excluding hydrogens is 409 g/mol. The second-order valence-electron chi connectivity index (χ2n) is 5.10. The van der Waals surface area contributed by atoms with Crippen LogP contribution in [-0.2, 0) is 7.05 Å². The van der Waals surface area contributed by atoms with Crippen molar-refractivity contribution in [3.8, 4) is 11.3 Å². The fourth-order valence-corrected chi connectivity index (χ4v) is 3.25. The van der Waals surface area contributed by atoms with Gasteiger partial charge in [0.1, 0.15) is 3.57 Å². The number of aryl methyl sites for hydroxylation is 1. The number of benzene rings is 1. The second kappa shape index (κ2) is 5.05. The molecule has 23 heavy (non-hydrogen) atoms. The number of nitrogens with zero attached hydrogens (tertiary/aromatic N) is 3. The highest BCUT2D eigenvalue weighted by Gasteiger charge is 2.18. The van der Waals surface area contributed by atoms with E-state index >= 15 is 0 Å². The molecule has 0 bridgehead atoms. The monoisotopic (exact) mass is 419 g/mol. The summed E-state index contributed by atoms with van der Waals surface area (Å²) in [5.41, 5.74) is 1.03. The maximum Gasteiger partial charge on any atom is 0.350 e. The minimum absolute atomic E-state index is 0.133. The minimum atomic E-state index is -0.288. The van der Waals surface area contributed by atoms with Crippen LogP contribution in [0.5, 0.6) is 0 Å². The predicted octanol–water partition coefficient (Wildman–Crippen LogP) is 2.41. The Balaban J connectivity index is 2.20. The van der Waals surface area contributed by atoms with Crippen molar-refractivity contribution in [2.45, 2.75) is 0 Å². The van der Waals surface area contributed by atoms with Crippen molar-refractivity contribution in [1.29, 1.82) is 0 Å². The molecule has 4 aromatic rings. The van der Waals surface area contributed by atoms with Crippen LogP contribution in [-0.4, -0.2) is 14.2 Å². The summed E-state index contributed by atoms with van der Waals surface area (Å²) in [5, 5.41) is 4.59. The van der Waals surface area contributed by atoms with Gasteiger partial charge in [0.25, 0.3) is 0 Å². The first-order valence-corrected chi connectivity index (χ1v) is 7.92. The van der Waals surface area contributed by atoms with E-state index in [-0.39, 0.29) is 11.1 Å². The lowest BCUT2D eigenvalue weighted by Crippen LogP contribution is -2.17. The Kier molecular flexibility index (Phi) is 3.12. The van der Waals surface area contributed by atoms with Crippen molar-refractivity contribution < 1.29 is 4.42 Å². The number of halogens is 1. The zero-order valence-corrected chi connectivity index (χ0v) is 14.1. The molecule has 0 aliphatic carbocycles. The van der Waals surface area contributed by atoms with Crippen LogP contribution in [0.3, 0.4) is 0 Å². The third kappa shape index (κ3) is 2.03. The summed E-state index contributed by atoms with van der Waals surface area (Å²) in [7, 11) is 1.56. The predicted molar refractivity (Wildman–Crippen MR) is 94.6 cm³/mol. The first-order valence-electron chi connectivity index (χ1n) is 6.84. The van der Waals surface area contributed by atoms with E-state index in [0.717, 1.165) is 5.56 Å². The molecule has 0 fully saturated rings. The van der Waals surface area contributed by atoms with Gasteiger partial charge in [0.15, 0.2) is 11.3 Å². The van der Waals surface area contributed by atoms with Crippen LogP contribution in [0.2, 0.25) is 0 Å². The van der Waals surface area contributed by atoms with E-state index in [1.165, 1.54) is 9.08 Å². The summed E-state index contributed by atoms with van der Waals surface area (Å²) in [6, 6.07) is 11.0. The first-order chi connectivity index (χ1) is 11.1. The summed E-state index contributed by atoms with van der Waals surface area (Å²) >= 11 is 1.99. The molecule has 0 N–H and O–H groups in total. The fraction of sp³-hybridized carbons (Fsp3) is 0.0625.